The van der Waals surface area contributed by atoms with Crippen LogP contribution in [0.3, 0.4) is 0 Å². The first-order valence-electron chi connectivity index (χ1n) is 10.5. The molecule has 0 radical (unpaired) electrons. The van der Waals surface area contributed by atoms with Gasteiger partial charge in [-0.2, -0.15) is 4.91 Å². The van der Waals surface area contributed by atoms with Crippen LogP contribution in [-0.4, -0.2) is 18.7 Å². The van der Waals surface area contributed by atoms with Crippen molar-refractivity contribution in [3.8, 4) is 0 Å². The van der Waals surface area contributed by atoms with Crippen LogP contribution in [0.1, 0.15) is 44.2 Å². The second kappa shape index (κ2) is 9.70. The number of hydrogen-bond donors (Lipinski definition) is 3. The highest BCUT2D eigenvalue weighted by Crippen LogP contribution is 2.30. The first-order valence-corrected chi connectivity index (χ1v) is 10.5. The van der Waals surface area contributed by atoms with Crippen molar-refractivity contribution in [2.24, 2.45) is 5.18 Å². The molecule has 1 unspecified atom stereocenters. The number of esters is 1. The summed E-state index contributed by atoms with van der Waals surface area (Å²) < 4.78 is 18.2. The van der Waals surface area contributed by atoms with Crippen molar-refractivity contribution < 1.29 is 13.9 Å². The summed E-state index contributed by atoms with van der Waals surface area (Å²) in [4.78, 5) is 23.3. The topological polar surface area (TPSA) is 104 Å². The maximum atomic E-state index is 13.1. The van der Waals surface area contributed by atoms with Crippen LogP contribution >= 0.6 is 0 Å². The lowest BCUT2D eigenvalue weighted by atomic mass is 9.94. The normalized spacial score (nSPS) is 13.2. The largest absolute Gasteiger partial charge is 0.457 e. The molecule has 0 fully saturated rings. The maximum Gasteiger partial charge on any atom is 0.338 e. The van der Waals surface area contributed by atoms with Gasteiger partial charge >= 0.3 is 5.97 Å². The molecule has 7 nitrogen and oxygen atoms in total. The standard InChI is InChI=1S/C25H23FN4O3/c1-15-20(7-8-21-22(15)14-33-25(21)31)24(30-32)13-28-12-16-2-9-23(17(10-16)11-27)29-19-5-3-18(26)4-6-19/h2-11,24,27-29H,12-14H2,1H3. The molecule has 168 valence electrons. The van der Waals surface area contributed by atoms with Crippen LogP contribution in [0.4, 0.5) is 15.8 Å². The van der Waals surface area contributed by atoms with E-state index < -0.39 is 6.04 Å². The number of nitrogens with zero attached hydrogens (tertiary/aromatic N) is 1. The molecule has 4 rings (SSSR count). The maximum absolute atomic E-state index is 13.1. The van der Waals surface area contributed by atoms with E-state index in [0.29, 0.717) is 24.2 Å². The van der Waals surface area contributed by atoms with Gasteiger partial charge in [0.25, 0.3) is 0 Å². The second-order valence-corrected chi connectivity index (χ2v) is 7.83. The molecule has 3 aromatic rings. The summed E-state index contributed by atoms with van der Waals surface area (Å²) >= 11 is 0. The Morgan fingerprint density at radius 1 is 1.18 bits per heavy atom. The number of anilines is 2. The zero-order chi connectivity index (χ0) is 23.4. The summed E-state index contributed by atoms with van der Waals surface area (Å²) in [5.74, 6) is -0.651. The van der Waals surface area contributed by atoms with Crippen molar-refractivity contribution in [3.63, 3.8) is 0 Å². The molecule has 0 spiro atoms. The van der Waals surface area contributed by atoms with Crippen molar-refractivity contribution in [2.45, 2.75) is 26.1 Å². The Hall–Kier alpha value is -3.91. The van der Waals surface area contributed by atoms with Gasteiger partial charge in [0.05, 0.1) is 5.56 Å². The first-order chi connectivity index (χ1) is 16.0. The van der Waals surface area contributed by atoms with Gasteiger partial charge in [-0.15, -0.1) is 0 Å². The van der Waals surface area contributed by atoms with E-state index in [1.165, 1.54) is 18.3 Å². The van der Waals surface area contributed by atoms with E-state index in [0.717, 1.165) is 33.6 Å². The highest BCUT2D eigenvalue weighted by molar-refractivity contribution is 5.94. The number of cyclic esters (lactones) is 1. The van der Waals surface area contributed by atoms with Crippen LogP contribution in [0.15, 0.2) is 59.8 Å². The molecule has 0 bridgehead atoms. The fraction of sp³-hybridized carbons (Fsp3) is 0.200. The minimum Gasteiger partial charge on any atom is -0.457 e. The zero-order valence-corrected chi connectivity index (χ0v) is 18.0. The number of hydrogen-bond acceptors (Lipinski definition) is 7. The third-order valence-electron chi connectivity index (χ3n) is 5.76. The predicted octanol–water partition coefficient (Wildman–Crippen LogP) is 5.14. The summed E-state index contributed by atoms with van der Waals surface area (Å²) in [6.07, 6.45) is 1.25. The van der Waals surface area contributed by atoms with Crippen molar-refractivity contribution in [2.75, 3.05) is 11.9 Å². The molecule has 0 aliphatic carbocycles. The van der Waals surface area contributed by atoms with Crippen LogP contribution < -0.4 is 10.6 Å². The first kappa shape index (κ1) is 22.3. The van der Waals surface area contributed by atoms with Gasteiger partial charge in [-0.25, -0.2) is 9.18 Å². The number of fused-ring (bicyclic) bond motifs is 1. The lowest BCUT2D eigenvalue weighted by Gasteiger charge is -2.16. The third-order valence-corrected chi connectivity index (χ3v) is 5.76. The predicted molar refractivity (Wildman–Crippen MR) is 125 cm³/mol. The molecule has 1 aliphatic heterocycles. The Morgan fingerprint density at radius 3 is 2.70 bits per heavy atom. The number of rotatable bonds is 9. The highest BCUT2D eigenvalue weighted by Gasteiger charge is 2.26. The zero-order valence-electron chi connectivity index (χ0n) is 18.0. The number of nitrogens with one attached hydrogen (secondary N) is 3. The lowest BCUT2D eigenvalue weighted by molar-refractivity contribution is 0.0535. The fourth-order valence-electron chi connectivity index (χ4n) is 3.93. The number of benzene rings is 3. The number of halogens is 1. The Labute approximate surface area is 190 Å². The number of ether oxygens (including phenoxy) is 1. The monoisotopic (exact) mass is 446 g/mol. The number of nitroso groups, excluding NO2 is 1. The van der Waals surface area contributed by atoms with Crippen LogP contribution in [0.2, 0.25) is 0 Å². The SMILES string of the molecule is Cc1c(C(CNCc2ccc(Nc3ccc(F)cc3)c(C=N)c2)N=O)ccc2c1COC2=O. The molecule has 3 N–H and O–H groups in total. The molecule has 3 aromatic carbocycles. The van der Waals surface area contributed by atoms with Crippen LogP contribution in [0.25, 0.3) is 0 Å². The van der Waals surface area contributed by atoms with Crippen molar-refractivity contribution in [1.29, 1.82) is 5.41 Å². The molecule has 1 aliphatic rings. The van der Waals surface area contributed by atoms with Crippen molar-refractivity contribution in [1.82, 2.24) is 5.32 Å². The molecular formula is C25H23FN4O3. The Bertz CT molecular complexity index is 1210. The van der Waals surface area contributed by atoms with Crippen molar-refractivity contribution in [3.05, 3.63) is 98.7 Å². The van der Waals surface area contributed by atoms with Crippen LogP contribution in [-0.2, 0) is 17.9 Å². The number of carbonyl (C=O) groups is 1. The second-order valence-electron chi connectivity index (χ2n) is 7.83. The molecule has 1 heterocycles. The smallest absolute Gasteiger partial charge is 0.338 e. The molecule has 0 saturated carbocycles. The third kappa shape index (κ3) is 4.80. The minimum absolute atomic E-state index is 0.220. The minimum atomic E-state index is -0.604. The number of carbonyl (C=O) groups excluding carboxylic acids is 1. The Kier molecular flexibility index (Phi) is 6.55. The van der Waals surface area contributed by atoms with E-state index in [-0.39, 0.29) is 18.4 Å². The summed E-state index contributed by atoms with van der Waals surface area (Å²) in [6, 6.07) is 14.5. The van der Waals surface area contributed by atoms with E-state index in [2.05, 4.69) is 15.8 Å². The van der Waals surface area contributed by atoms with Gasteiger partial charge in [0.15, 0.2) is 0 Å². The average Bonchev–Trinajstić information content (AvgIpc) is 3.21. The fourth-order valence-corrected chi connectivity index (χ4v) is 3.93. The summed E-state index contributed by atoms with van der Waals surface area (Å²) in [6.45, 7) is 2.90. The van der Waals surface area contributed by atoms with E-state index in [4.69, 9.17) is 10.1 Å². The van der Waals surface area contributed by atoms with Gasteiger partial charge in [0.1, 0.15) is 18.5 Å². The van der Waals surface area contributed by atoms with Crippen LogP contribution in [0, 0.1) is 23.1 Å². The Balaban J connectivity index is 1.41. The quantitative estimate of drug-likeness (QED) is 0.240. The molecular weight excluding hydrogens is 423 g/mol. The van der Waals surface area contributed by atoms with E-state index >= 15 is 0 Å². The lowest BCUT2D eigenvalue weighted by Crippen LogP contribution is -2.21. The molecule has 33 heavy (non-hydrogen) atoms. The molecule has 0 amide bonds. The molecule has 1 atom stereocenters. The van der Waals surface area contributed by atoms with Crippen LogP contribution in [0.5, 0.6) is 0 Å². The summed E-state index contributed by atoms with van der Waals surface area (Å²) in [5.41, 5.74) is 6.06. The van der Waals surface area contributed by atoms with Crippen molar-refractivity contribution >= 4 is 23.6 Å². The molecule has 8 heteroatoms. The molecule has 0 saturated heterocycles. The average molecular weight is 446 g/mol. The van der Waals surface area contributed by atoms with Gasteiger partial charge in [0.2, 0.25) is 0 Å². The van der Waals surface area contributed by atoms with Gasteiger partial charge in [-0.3, -0.25) is 0 Å². The van der Waals surface area contributed by atoms with E-state index in [1.54, 1.807) is 24.3 Å². The van der Waals surface area contributed by atoms with E-state index in [1.807, 2.05) is 25.1 Å². The van der Waals surface area contributed by atoms with Gasteiger partial charge < -0.3 is 20.8 Å². The Morgan fingerprint density at radius 2 is 1.97 bits per heavy atom. The van der Waals surface area contributed by atoms with Gasteiger partial charge in [-0.05, 0) is 66.1 Å². The van der Waals surface area contributed by atoms with Gasteiger partial charge in [0, 0.05) is 41.8 Å². The highest BCUT2D eigenvalue weighted by atomic mass is 19.1. The molecule has 0 aromatic heterocycles. The summed E-state index contributed by atoms with van der Waals surface area (Å²) in [7, 11) is 0. The van der Waals surface area contributed by atoms with Gasteiger partial charge in [-0.1, -0.05) is 17.3 Å². The summed E-state index contributed by atoms with van der Waals surface area (Å²) in [5, 5.41) is 17.5. The van der Waals surface area contributed by atoms with E-state index in [9.17, 15) is 14.1 Å².